The largest absolute Gasteiger partial charge is 0.397 e. The normalized spacial score (nSPS) is 11.6. The summed E-state index contributed by atoms with van der Waals surface area (Å²) in [5.41, 5.74) is 0. The van der Waals surface area contributed by atoms with Crippen molar-refractivity contribution in [3.8, 4) is 0 Å². The van der Waals surface area contributed by atoms with E-state index in [4.69, 9.17) is 8.85 Å². The van der Waals surface area contributed by atoms with Crippen LogP contribution in [-0.4, -0.2) is 41.0 Å². The van der Waals surface area contributed by atoms with Crippen LogP contribution in [0.5, 0.6) is 0 Å². The summed E-state index contributed by atoms with van der Waals surface area (Å²) in [4.78, 5) is 0. The number of rotatable bonds is 10. The predicted octanol–water partition coefficient (Wildman–Crippen LogP) is 3.19. The standard InChI is InChI=1S/C11H27O2PSi/c1-5-12-15(13-6-2)11-9-10-14(7-3)8-4/h15H,5-11H2,1-4H3. The molecular weight excluding hydrogens is 223 g/mol. The molecule has 0 aliphatic heterocycles. The van der Waals surface area contributed by atoms with Crippen molar-refractivity contribution in [3.63, 3.8) is 0 Å². The monoisotopic (exact) mass is 250 g/mol. The maximum Gasteiger partial charge on any atom is 0.321 e. The minimum Gasteiger partial charge on any atom is -0.397 e. The van der Waals surface area contributed by atoms with Crippen LogP contribution >= 0.6 is 7.92 Å². The minimum absolute atomic E-state index is 0.306. The molecule has 0 bridgehead atoms. The van der Waals surface area contributed by atoms with E-state index >= 15 is 0 Å². The Balaban J connectivity index is 3.59. The van der Waals surface area contributed by atoms with E-state index in [-0.39, 0.29) is 0 Å². The molecule has 0 amide bonds. The summed E-state index contributed by atoms with van der Waals surface area (Å²) < 4.78 is 11.3. The molecule has 0 saturated carbocycles. The van der Waals surface area contributed by atoms with Crippen molar-refractivity contribution in [1.82, 2.24) is 0 Å². The third kappa shape index (κ3) is 8.38. The average molecular weight is 250 g/mol. The Morgan fingerprint density at radius 3 is 1.87 bits per heavy atom. The quantitative estimate of drug-likeness (QED) is 0.438. The van der Waals surface area contributed by atoms with Crippen LogP contribution in [0.4, 0.5) is 0 Å². The number of hydrogen-bond donors (Lipinski definition) is 0. The van der Waals surface area contributed by atoms with Crippen LogP contribution in [-0.2, 0) is 8.85 Å². The second-order valence-corrected chi connectivity index (χ2v) is 8.67. The van der Waals surface area contributed by atoms with Crippen molar-refractivity contribution in [2.45, 2.75) is 40.2 Å². The van der Waals surface area contributed by atoms with E-state index < -0.39 is 9.28 Å². The van der Waals surface area contributed by atoms with Gasteiger partial charge in [0, 0.05) is 13.2 Å². The zero-order valence-electron chi connectivity index (χ0n) is 10.8. The van der Waals surface area contributed by atoms with Crippen molar-refractivity contribution >= 4 is 17.2 Å². The van der Waals surface area contributed by atoms with E-state index in [2.05, 4.69) is 27.7 Å². The Morgan fingerprint density at radius 2 is 1.47 bits per heavy atom. The second kappa shape index (κ2) is 11.1. The summed E-state index contributed by atoms with van der Waals surface area (Å²) in [6.07, 6.45) is 5.47. The Kier molecular flexibility index (Phi) is 11.5. The first-order valence-electron chi connectivity index (χ1n) is 6.23. The zero-order valence-corrected chi connectivity index (χ0v) is 12.8. The summed E-state index contributed by atoms with van der Waals surface area (Å²) in [6, 6.07) is 1.19. The highest BCUT2D eigenvalue weighted by molar-refractivity contribution is 7.57. The summed E-state index contributed by atoms with van der Waals surface area (Å²) in [5.74, 6) is 0. The summed E-state index contributed by atoms with van der Waals surface area (Å²) in [7, 11) is -0.999. The topological polar surface area (TPSA) is 18.5 Å². The van der Waals surface area contributed by atoms with E-state index in [1.54, 1.807) is 0 Å². The highest BCUT2D eigenvalue weighted by atomic mass is 31.1. The SMILES string of the molecule is CCO[SiH](CCCP(CC)CC)OCC. The summed E-state index contributed by atoms with van der Waals surface area (Å²) in [6.45, 7) is 10.4. The fourth-order valence-corrected chi connectivity index (χ4v) is 5.37. The molecule has 0 spiro atoms. The van der Waals surface area contributed by atoms with Gasteiger partial charge in [0.15, 0.2) is 0 Å². The zero-order chi connectivity index (χ0) is 11.5. The van der Waals surface area contributed by atoms with Gasteiger partial charge in [-0.15, -0.1) is 7.92 Å². The van der Waals surface area contributed by atoms with Crippen molar-refractivity contribution in [1.29, 1.82) is 0 Å². The van der Waals surface area contributed by atoms with Gasteiger partial charge < -0.3 is 8.85 Å². The summed E-state index contributed by atoms with van der Waals surface area (Å²) in [5, 5.41) is 0. The van der Waals surface area contributed by atoms with Gasteiger partial charge in [0.1, 0.15) is 0 Å². The van der Waals surface area contributed by atoms with Crippen molar-refractivity contribution in [2.75, 3.05) is 31.7 Å². The molecule has 0 N–H and O–H groups in total. The van der Waals surface area contributed by atoms with E-state index in [9.17, 15) is 0 Å². The Morgan fingerprint density at radius 1 is 0.933 bits per heavy atom. The van der Waals surface area contributed by atoms with Crippen LogP contribution < -0.4 is 0 Å². The van der Waals surface area contributed by atoms with Crippen LogP contribution in [0.25, 0.3) is 0 Å². The van der Waals surface area contributed by atoms with Gasteiger partial charge >= 0.3 is 9.28 Å². The minimum atomic E-state index is -1.30. The van der Waals surface area contributed by atoms with Gasteiger partial charge in [-0.1, -0.05) is 13.8 Å². The molecule has 4 heteroatoms. The number of hydrogen-bond acceptors (Lipinski definition) is 2. The highest BCUT2D eigenvalue weighted by Gasteiger charge is 2.12. The van der Waals surface area contributed by atoms with E-state index in [1.165, 1.54) is 31.0 Å². The summed E-state index contributed by atoms with van der Waals surface area (Å²) >= 11 is 0. The van der Waals surface area contributed by atoms with E-state index in [0.29, 0.717) is 7.92 Å². The third-order valence-electron chi connectivity index (χ3n) is 2.51. The maximum absolute atomic E-state index is 5.66. The van der Waals surface area contributed by atoms with Gasteiger partial charge in [-0.05, 0) is 44.8 Å². The molecule has 0 fully saturated rings. The van der Waals surface area contributed by atoms with E-state index in [0.717, 1.165) is 13.2 Å². The first-order valence-corrected chi connectivity index (χ1v) is 9.89. The van der Waals surface area contributed by atoms with Gasteiger partial charge in [0.25, 0.3) is 0 Å². The average Bonchev–Trinajstić information content (AvgIpc) is 2.25. The maximum atomic E-state index is 5.66. The molecule has 0 aromatic heterocycles. The van der Waals surface area contributed by atoms with Crippen molar-refractivity contribution < 1.29 is 8.85 Å². The lowest BCUT2D eigenvalue weighted by Gasteiger charge is -2.17. The van der Waals surface area contributed by atoms with Gasteiger partial charge in [0.2, 0.25) is 0 Å². The molecule has 0 aliphatic carbocycles. The fraction of sp³-hybridized carbons (Fsp3) is 1.00. The van der Waals surface area contributed by atoms with Gasteiger partial charge in [-0.2, -0.15) is 0 Å². The molecule has 15 heavy (non-hydrogen) atoms. The van der Waals surface area contributed by atoms with Crippen LogP contribution in [0.2, 0.25) is 6.04 Å². The molecule has 0 unspecified atom stereocenters. The molecule has 0 aliphatic rings. The van der Waals surface area contributed by atoms with Crippen LogP contribution in [0.1, 0.15) is 34.1 Å². The van der Waals surface area contributed by atoms with Gasteiger partial charge in [0.05, 0.1) is 0 Å². The Labute approximate surface area is 98.3 Å². The molecule has 0 atom stereocenters. The van der Waals surface area contributed by atoms with Crippen molar-refractivity contribution in [2.24, 2.45) is 0 Å². The molecule has 0 aromatic carbocycles. The molecule has 0 heterocycles. The molecule has 0 radical (unpaired) electrons. The van der Waals surface area contributed by atoms with Crippen LogP contribution in [0.3, 0.4) is 0 Å². The first-order chi connectivity index (χ1) is 7.28. The first kappa shape index (κ1) is 15.6. The Bertz CT molecular complexity index is 126. The van der Waals surface area contributed by atoms with Gasteiger partial charge in [-0.3, -0.25) is 0 Å². The molecule has 92 valence electrons. The highest BCUT2D eigenvalue weighted by Crippen LogP contribution is 2.35. The molecular formula is C11H27O2PSi. The second-order valence-electron chi connectivity index (χ2n) is 3.51. The Hall–Kier alpha value is 0.567. The van der Waals surface area contributed by atoms with E-state index in [1.807, 2.05) is 0 Å². The third-order valence-corrected chi connectivity index (χ3v) is 7.54. The molecule has 2 nitrogen and oxygen atoms in total. The smallest absolute Gasteiger partial charge is 0.321 e. The predicted molar refractivity (Wildman–Crippen MR) is 72.7 cm³/mol. The van der Waals surface area contributed by atoms with Crippen LogP contribution in [0.15, 0.2) is 0 Å². The van der Waals surface area contributed by atoms with Crippen LogP contribution in [0, 0.1) is 0 Å². The molecule has 0 saturated heterocycles. The molecule has 0 aromatic rings. The fourth-order valence-electron chi connectivity index (χ4n) is 1.61. The lowest BCUT2D eigenvalue weighted by molar-refractivity contribution is 0.213. The lowest BCUT2D eigenvalue weighted by Crippen LogP contribution is -2.22. The van der Waals surface area contributed by atoms with Crippen molar-refractivity contribution in [3.05, 3.63) is 0 Å². The lowest BCUT2D eigenvalue weighted by atomic mass is 10.6. The van der Waals surface area contributed by atoms with Gasteiger partial charge in [-0.25, -0.2) is 0 Å². The molecule has 0 rings (SSSR count).